The van der Waals surface area contributed by atoms with Crippen LogP contribution in [0.4, 0.5) is 5.69 Å². The number of amides is 2. The number of sulfonamides is 1. The van der Waals surface area contributed by atoms with E-state index in [0.717, 1.165) is 5.56 Å². The molecule has 3 N–H and O–H groups in total. The molecule has 0 saturated carbocycles. The lowest BCUT2D eigenvalue weighted by Gasteiger charge is -2.23. The highest BCUT2D eigenvalue weighted by atomic mass is 32.2. The first-order valence-corrected chi connectivity index (χ1v) is 11.3. The fraction of sp³-hybridized carbons (Fsp3) is 0.333. The summed E-state index contributed by atoms with van der Waals surface area (Å²) in [6, 6.07) is 12.7. The quantitative estimate of drug-likeness (QED) is 0.554. The number of aryl methyl sites for hydroxylation is 1. The van der Waals surface area contributed by atoms with Crippen molar-refractivity contribution in [3.63, 3.8) is 0 Å². The molecule has 3 rings (SSSR count). The predicted octanol–water partition coefficient (Wildman–Crippen LogP) is 1.42. The molecule has 0 aliphatic carbocycles. The largest absolute Gasteiger partial charge is 0.495 e. The Balaban J connectivity index is 1.57. The maximum atomic E-state index is 13.0. The summed E-state index contributed by atoms with van der Waals surface area (Å²) in [6.07, 6.45) is 0.943. The maximum absolute atomic E-state index is 13.0. The van der Waals surface area contributed by atoms with Gasteiger partial charge in [-0.05, 0) is 44.0 Å². The van der Waals surface area contributed by atoms with Gasteiger partial charge in [-0.15, -0.1) is 0 Å². The Hall–Kier alpha value is -3.11. The summed E-state index contributed by atoms with van der Waals surface area (Å²) in [4.78, 5) is 24.8. The lowest BCUT2D eigenvalue weighted by atomic mass is 10.2. The van der Waals surface area contributed by atoms with Crippen molar-refractivity contribution in [2.24, 2.45) is 0 Å². The van der Waals surface area contributed by atoms with Crippen LogP contribution < -0.4 is 20.9 Å². The maximum Gasteiger partial charge on any atom is 0.257 e. The highest BCUT2D eigenvalue weighted by Gasteiger charge is 2.39. The van der Waals surface area contributed by atoms with Crippen LogP contribution in [0.5, 0.6) is 5.75 Å². The smallest absolute Gasteiger partial charge is 0.257 e. The van der Waals surface area contributed by atoms with Gasteiger partial charge in [-0.1, -0.05) is 29.8 Å². The highest BCUT2D eigenvalue weighted by molar-refractivity contribution is 7.89. The van der Waals surface area contributed by atoms with Gasteiger partial charge >= 0.3 is 0 Å². The van der Waals surface area contributed by atoms with E-state index in [0.29, 0.717) is 24.3 Å². The minimum absolute atomic E-state index is 0.100. The zero-order valence-electron chi connectivity index (χ0n) is 17.4. The average molecular weight is 447 g/mol. The number of rotatable bonds is 7. The van der Waals surface area contributed by atoms with Gasteiger partial charge in [0.2, 0.25) is 10.0 Å². The molecule has 1 aliphatic rings. The second-order valence-corrected chi connectivity index (χ2v) is 9.07. The number of nitrogens with one attached hydrogen (secondary N) is 3. The fourth-order valence-corrected chi connectivity index (χ4v) is 5.02. The third-order valence-corrected chi connectivity index (χ3v) is 6.93. The molecule has 2 aromatic carbocycles. The van der Waals surface area contributed by atoms with Crippen molar-refractivity contribution in [2.75, 3.05) is 25.5 Å². The van der Waals surface area contributed by atoms with Crippen molar-refractivity contribution in [3.05, 3.63) is 54.1 Å². The second-order valence-electron chi connectivity index (χ2n) is 7.18. The fourth-order valence-electron chi connectivity index (χ4n) is 3.36. The molecule has 0 aromatic heterocycles. The summed E-state index contributed by atoms with van der Waals surface area (Å²) in [5.41, 5.74) is 6.24. The Morgan fingerprint density at radius 1 is 1.10 bits per heavy atom. The number of hydrazine groups is 1. The van der Waals surface area contributed by atoms with E-state index in [9.17, 15) is 18.0 Å². The monoisotopic (exact) mass is 446 g/mol. The number of carbonyl (C=O) groups is 2. The van der Waals surface area contributed by atoms with Gasteiger partial charge in [0.25, 0.3) is 11.8 Å². The van der Waals surface area contributed by atoms with Crippen molar-refractivity contribution in [2.45, 2.75) is 30.7 Å². The molecule has 0 radical (unpaired) electrons. The van der Waals surface area contributed by atoms with Crippen LogP contribution in [0.2, 0.25) is 0 Å². The number of carbonyl (C=O) groups excluding carboxylic acids is 2. The van der Waals surface area contributed by atoms with Crippen LogP contribution >= 0.6 is 0 Å². The predicted molar refractivity (Wildman–Crippen MR) is 116 cm³/mol. The van der Waals surface area contributed by atoms with E-state index >= 15 is 0 Å². The van der Waals surface area contributed by atoms with E-state index in [2.05, 4.69) is 16.2 Å². The molecule has 0 unspecified atom stereocenters. The topological polar surface area (TPSA) is 117 Å². The van der Waals surface area contributed by atoms with Gasteiger partial charge in [-0.25, -0.2) is 8.42 Å². The van der Waals surface area contributed by atoms with Crippen molar-refractivity contribution >= 4 is 27.5 Å². The summed E-state index contributed by atoms with van der Waals surface area (Å²) in [5, 5.41) is 2.92. The van der Waals surface area contributed by atoms with Crippen LogP contribution in [-0.4, -0.2) is 50.8 Å². The molecule has 1 aliphatic heterocycles. The Kier molecular flexibility index (Phi) is 7.13. The van der Waals surface area contributed by atoms with Gasteiger partial charge in [0.15, 0.2) is 0 Å². The summed E-state index contributed by atoms with van der Waals surface area (Å²) < 4.78 is 32.3. The molecule has 31 heavy (non-hydrogen) atoms. The van der Waals surface area contributed by atoms with Gasteiger partial charge in [0.05, 0.1) is 24.2 Å². The van der Waals surface area contributed by atoms with E-state index in [1.807, 2.05) is 13.0 Å². The summed E-state index contributed by atoms with van der Waals surface area (Å²) in [5.74, 6) is -0.466. The minimum Gasteiger partial charge on any atom is -0.495 e. The van der Waals surface area contributed by atoms with E-state index in [1.54, 1.807) is 30.3 Å². The molecule has 1 fully saturated rings. The van der Waals surface area contributed by atoms with Gasteiger partial charge in [-0.2, -0.15) is 4.31 Å². The van der Waals surface area contributed by atoms with Crippen LogP contribution in [0.25, 0.3) is 0 Å². The molecule has 2 aromatic rings. The third-order valence-electron chi connectivity index (χ3n) is 5.01. The van der Waals surface area contributed by atoms with Crippen LogP contribution in [0.1, 0.15) is 18.4 Å². The number of nitrogens with zero attached hydrogens (tertiary/aromatic N) is 1. The lowest BCUT2D eigenvalue weighted by molar-refractivity contribution is -0.130. The number of methoxy groups -OCH3 is 1. The highest BCUT2D eigenvalue weighted by Crippen LogP contribution is 2.26. The summed E-state index contributed by atoms with van der Waals surface area (Å²) in [6.45, 7) is 2.02. The lowest BCUT2D eigenvalue weighted by Crippen LogP contribution is -2.52. The number of anilines is 1. The molecule has 0 bridgehead atoms. The molecule has 0 spiro atoms. The van der Waals surface area contributed by atoms with Gasteiger partial charge in [0, 0.05) is 6.54 Å². The zero-order chi connectivity index (χ0) is 22.4. The van der Waals surface area contributed by atoms with Crippen molar-refractivity contribution < 1.29 is 22.7 Å². The van der Waals surface area contributed by atoms with Crippen LogP contribution in [0.15, 0.2) is 53.4 Å². The minimum atomic E-state index is -3.81. The number of para-hydroxylation sites is 2. The third kappa shape index (κ3) is 5.33. The van der Waals surface area contributed by atoms with E-state index in [1.165, 1.54) is 23.5 Å². The van der Waals surface area contributed by atoms with Crippen molar-refractivity contribution in [3.8, 4) is 5.75 Å². The first-order valence-electron chi connectivity index (χ1n) is 9.87. The number of ether oxygens (including phenoxy) is 1. The van der Waals surface area contributed by atoms with Crippen molar-refractivity contribution in [1.29, 1.82) is 0 Å². The Labute approximate surface area is 181 Å². The second kappa shape index (κ2) is 9.80. The SMILES string of the molecule is COc1ccccc1NCC(=O)NNC(=O)[C@@H]1CCCN1S(=O)(=O)c1ccc(C)cc1. The van der Waals surface area contributed by atoms with Gasteiger partial charge < -0.3 is 10.1 Å². The Bertz CT molecular complexity index is 1040. The molecule has 166 valence electrons. The Morgan fingerprint density at radius 3 is 2.52 bits per heavy atom. The molecule has 10 heteroatoms. The number of hydrogen-bond donors (Lipinski definition) is 3. The van der Waals surface area contributed by atoms with Crippen molar-refractivity contribution in [1.82, 2.24) is 15.2 Å². The number of hydrogen-bond acceptors (Lipinski definition) is 6. The first-order chi connectivity index (χ1) is 14.8. The Morgan fingerprint density at radius 2 is 1.81 bits per heavy atom. The molecule has 1 heterocycles. The molecule has 1 saturated heterocycles. The summed E-state index contributed by atoms with van der Waals surface area (Å²) in [7, 11) is -2.28. The molecular formula is C21H26N4O5S. The molecular weight excluding hydrogens is 420 g/mol. The first kappa shape index (κ1) is 22.6. The van der Waals surface area contributed by atoms with Crippen LogP contribution in [0, 0.1) is 6.92 Å². The van der Waals surface area contributed by atoms with Crippen LogP contribution in [-0.2, 0) is 19.6 Å². The van der Waals surface area contributed by atoms with Crippen LogP contribution in [0.3, 0.4) is 0 Å². The van der Waals surface area contributed by atoms with E-state index < -0.39 is 27.9 Å². The summed E-state index contributed by atoms with van der Waals surface area (Å²) >= 11 is 0. The van der Waals surface area contributed by atoms with Gasteiger partial charge in [0.1, 0.15) is 11.8 Å². The van der Waals surface area contributed by atoms with E-state index in [4.69, 9.17) is 4.74 Å². The number of benzene rings is 2. The van der Waals surface area contributed by atoms with Gasteiger partial charge in [-0.3, -0.25) is 20.4 Å². The zero-order valence-corrected chi connectivity index (χ0v) is 18.2. The average Bonchev–Trinajstić information content (AvgIpc) is 3.27. The standard InChI is InChI=1S/C21H26N4O5S/c1-15-9-11-16(12-10-15)31(28,29)25-13-5-7-18(25)21(27)24-23-20(26)14-22-17-6-3-4-8-19(17)30-2/h3-4,6,8-12,18,22H,5,7,13-14H2,1-2H3,(H,23,26)(H,24,27)/t18-/m0/s1. The molecule has 9 nitrogen and oxygen atoms in total. The van der Waals surface area contributed by atoms with E-state index in [-0.39, 0.29) is 18.0 Å². The molecule has 2 amide bonds. The normalized spacial score (nSPS) is 16.5. The molecule has 1 atom stereocenters.